The van der Waals surface area contributed by atoms with Gasteiger partial charge in [-0.3, -0.25) is 0 Å². The average Bonchev–Trinajstić information content (AvgIpc) is 3.13. The summed E-state index contributed by atoms with van der Waals surface area (Å²) in [6.07, 6.45) is 0.943. The molecule has 0 spiro atoms. The fourth-order valence-electron chi connectivity index (χ4n) is 2.84. The van der Waals surface area contributed by atoms with Crippen LogP contribution in [0.3, 0.4) is 0 Å². The SMILES string of the molecule is Clc1ccc(Cl)c(-n2nc(-c3ccc(Br)cc3)c3c2NCC3)c1. The number of rotatable bonds is 2. The third-order valence-electron chi connectivity index (χ3n) is 3.90. The number of nitrogens with one attached hydrogen (secondary N) is 1. The van der Waals surface area contributed by atoms with E-state index in [1.54, 1.807) is 12.1 Å². The highest BCUT2D eigenvalue weighted by molar-refractivity contribution is 9.10. The predicted octanol–water partition coefficient (Wildman–Crippen LogP) is 5.58. The summed E-state index contributed by atoms with van der Waals surface area (Å²) in [5.41, 5.74) is 4.06. The molecule has 1 aliphatic rings. The summed E-state index contributed by atoms with van der Waals surface area (Å²) < 4.78 is 2.90. The molecule has 0 amide bonds. The molecule has 0 aliphatic carbocycles. The van der Waals surface area contributed by atoms with E-state index in [2.05, 4.69) is 33.4 Å². The number of hydrogen-bond donors (Lipinski definition) is 1. The van der Waals surface area contributed by atoms with Gasteiger partial charge in [0.2, 0.25) is 0 Å². The Morgan fingerprint density at radius 1 is 1.09 bits per heavy atom. The molecule has 2 heterocycles. The molecule has 4 rings (SSSR count). The molecule has 3 nitrogen and oxygen atoms in total. The van der Waals surface area contributed by atoms with Crippen molar-refractivity contribution in [2.45, 2.75) is 6.42 Å². The quantitative estimate of drug-likeness (QED) is 0.600. The number of benzene rings is 2. The van der Waals surface area contributed by atoms with Crippen LogP contribution >= 0.6 is 39.1 Å². The Labute approximate surface area is 152 Å². The van der Waals surface area contributed by atoms with Crippen LogP contribution in [0.25, 0.3) is 16.9 Å². The third-order valence-corrected chi connectivity index (χ3v) is 4.99. The molecule has 1 aromatic heterocycles. The Hall–Kier alpha value is -1.49. The van der Waals surface area contributed by atoms with Crippen LogP contribution in [0.4, 0.5) is 5.82 Å². The van der Waals surface area contributed by atoms with Crippen LogP contribution in [0.2, 0.25) is 10.0 Å². The monoisotopic (exact) mass is 407 g/mol. The third kappa shape index (κ3) is 2.65. The molecule has 0 bridgehead atoms. The van der Waals surface area contributed by atoms with E-state index in [9.17, 15) is 0 Å². The van der Waals surface area contributed by atoms with E-state index in [-0.39, 0.29) is 0 Å². The summed E-state index contributed by atoms with van der Waals surface area (Å²) in [5, 5.41) is 9.46. The van der Waals surface area contributed by atoms with Crippen molar-refractivity contribution in [2.24, 2.45) is 0 Å². The van der Waals surface area contributed by atoms with Gasteiger partial charge in [-0.1, -0.05) is 51.3 Å². The van der Waals surface area contributed by atoms with Crippen LogP contribution in [-0.2, 0) is 6.42 Å². The van der Waals surface area contributed by atoms with Gasteiger partial charge in [0.15, 0.2) is 0 Å². The fourth-order valence-corrected chi connectivity index (χ4v) is 3.47. The summed E-state index contributed by atoms with van der Waals surface area (Å²) in [5.74, 6) is 0.993. The van der Waals surface area contributed by atoms with Gasteiger partial charge in [-0.25, -0.2) is 4.68 Å². The standard InChI is InChI=1S/C17H12BrCl2N3/c18-11-3-1-10(2-4-11)16-13-7-8-21-17(13)23(22-16)15-9-12(19)5-6-14(15)20/h1-6,9,21H,7-8H2. The van der Waals surface area contributed by atoms with Crippen molar-refractivity contribution >= 4 is 44.9 Å². The molecule has 3 aromatic rings. The first-order chi connectivity index (χ1) is 11.1. The first-order valence-electron chi connectivity index (χ1n) is 7.20. The van der Waals surface area contributed by atoms with Crippen LogP contribution in [0.5, 0.6) is 0 Å². The van der Waals surface area contributed by atoms with Crippen molar-refractivity contribution in [1.29, 1.82) is 0 Å². The van der Waals surface area contributed by atoms with E-state index in [0.29, 0.717) is 10.0 Å². The van der Waals surface area contributed by atoms with E-state index in [1.165, 1.54) is 5.56 Å². The highest BCUT2D eigenvalue weighted by Gasteiger charge is 2.24. The van der Waals surface area contributed by atoms with Gasteiger partial charge in [0.25, 0.3) is 0 Å². The fraction of sp³-hybridized carbons (Fsp3) is 0.118. The van der Waals surface area contributed by atoms with E-state index in [0.717, 1.165) is 40.2 Å². The second kappa shape index (κ2) is 5.86. The van der Waals surface area contributed by atoms with Gasteiger partial charge in [-0.2, -0.15) is 5.10 Å². The number of halogens is 3. The van der Waals surface area contributed by atoms with Crippen molar-refractivity contribution in [2.75, 3.05) is 11.9 Å². The van der Waals surface area contributed by atoms with E-state index in [4.69, 9.17) is 28.3 Å². The predicted molar refractivity (Wildman–Crippen MR) is 98.9 cm³/mol. The molecular formula is C17H12BrCl2N3. The van der Waals surface area contributed by atoms with Gasteiger partial charge < -0.3 is 5.32 Å². The Balaban J connectivity index is 1.91. The van der Waals surface area contributed by atoms with E-state index in [1.807, 2.05) is 22.9 Å². The first kappa shape index (κ1) is 15.1. The van der Waals surface area contributed by atoms with Crippen LogP contribution < -0.4 is 5.32 Å². The molecule has 6 heteroatoms. The number of nitrogens with zero attached hydrogens (tertiary/aromatic N) is 2. The molecule has 2 aromatic carbocycles. The lowest BCUT2D eigenvalue weighted by Crippen LogP contribution is -2.04. The van der Waals surface area contributed by atoms with Crippen molar-refractivity contribution in [3.05, 3.63) is 62.5 Å². The Bertz CT molecular complexity index is 888. The molecule has 1 N–H and O–H groups in total. The van der Waals surface area contributed by atoms with Crippen LogP contribution in [0.1, 0.15) is 5.56 Å². The molecule has 0 saturated heterocycles. The van der Waals surface area contributed by atoms with Crippen molar-refractivity contribution in [1.82, 2.24) is 9.78 Å². The minimum absolute atomic E-state index is 0.621. The molecule has 23 heavy (non-hydrogen) atoms. The maximum absolute atomic E-state index is 6.36. The summed E-state index contributed by atoms with van der Waals surface area (Å²) >= 11 is 16.0. The first-order valence-corrected chi connectivity index (χ1v) is 8.75. The highest BCUT2D eigenvalue weighted by Crippen LogP contribution is 2.37. The zero-order valence-electron chi connectivity index (χ0n) is 12.0. The van der Waals surface area contributed by atoms with Crippen molar-refractivity contribution < 1.29 is 0 Å². The van der Waals surface area contributed by atoms with Crippen LogP contribution in [-0.4, -0.2) is 16.3 Å². The van der Waals surface area contributed by atoms with Gasteiger partial charge in [0, 0.05) is 27.2 Å². The molecule has 1 aliphatic heterocycles. The number of hydrogen-bond acceptors (Lipinski definition) is 2. The Morgan fingerprint density at radius 3 is 2.65 bits per heavy atom. The topological polar surface area (TPSA) is 29.9 Å². The molecule has 0 saturated carbocycles. The zero-order chi connectivity index (χ0) is 16.0. The summed E-state index contributed by atoms with van der Waals surface area (Å²) in [4.78, 5) is 0. The van der Waals surface area contributed by atoms with E-state index >= 15 is 0 Å². The van der Waals surface area contributed by atoms with Crippen LogP contribution in [0.15, 0.2) is 46.9 Å². The average molecular weight is 409 g/mol. The molecule has 0 radical (unpaired) electrons. The lowest BCUT2D eigenvalue weighted by molar-refractivity contribution is 0.882. The number of aromatic nitrogens is 2. The summed E-state index contributed by atoms with van der Waals surface area (Å²) in [7, 11) is 0. The molecule has 0 atom stereocenters. The van der Waals surface area contributed by atoms with E-state index < -0.39 is 0 Å². The largest absolute Gasteiger partial charge is 0.369 e. The number of anilines is 1. The van der Waals surface area contributed by atoms with Crippen LogP contribution in [0, 0.1) is 0 Å². The normalized spacial score (nSPS) is 13.0. The van der Waals surface area contributed by atoms with Crippen molar-refractivity contribution in [3.8, 4) is 16.9 Å². The lowest BCUT2D eigenvalue weighted by atomic mass is 10.1. The molecule has 0 unspecified atom stereocenters. The summed E-state index contributed by atoms with van der Waals surface area (Å²) in [6, 6.07) is 13.6. The molecule has 0 fully saturated rings. The smallest absolute Gasteiger partial charge is 0.133 e. The lowest BCUT2D eigenvalue weighted by Gasteiger charge is -2.08. The maximum Gasteiger partial charge on any atom is 0.133 e. The minimum atomic E-state index is 0.621. The van der Waals surface area contributed by atoms with Gasteiger partial charge in [-0.15, -0.1) is 0 Å². The van der Waals surface area contributed by atoms with Gasteiger partial charge in [-0.05, 0) is 36.8 Å². The second-order valence-electron chi connectivity index (χ2n) is 5.37. The van der Waals surface area contributed by atoms with Gasteiger partial charge >= 0.3 is 0 Å². The maximum atomic E-state index is 6.36. The number of fused-ring (bicyclic) bond motifs is 1. The Morgan fingerprint density at radius 2 is 1.87 bits per heavy atom. The van der Waals surface area contributed by atoms with Gasteiger partial charge in [0.05, 0.1) is 16.4 Å². The molecular weight excluding hydrogens is 397 g/mol. The van der Waals surface area contributed by atoms with Gasteiger partial charge in [0.1, 0.15) is 5.82 Å². The molecule has 116 valence electrons. The second-order valence-corrected chi connectivity index (χ2v) is 7.13. The highest BCUT2D eigenvalue weighted by atomic mass is 79.9. The Kier molecular flexibility index (Phi) is 3.84. The zero-order valence-corrected chi connectivity index (χ0v) is 15.1. The van der Waals surface area contributed by atoms with Crippen molar-refractivity contribution in [3.63, 3.8) is 0 Å². The summed E-state index contributed by atoms with van der Waals surface area (Å²) in [6.45, 7) is 0.898. The minimum Gasteiger partial charge on any atom is -0.369 e.